The maximum absolute atomic E-state index is 11.1. The Labute approximate surface area is 177 Å². The SMILES string of the molecule is CN(Cc1ccccc1)CC(O)c1cc(-c2ccc(Br)s2)nc2ccccc12. The first kappa shape index (κ1) is 19.3. The summed E-state index contributed by atoms with van der Waals surface area (Å²) in [6.45, 7) is 1.35. The first-order valence-corrected chi connectivity index (χ1v) is 10.8. The number of hydrogen-bond acceptors (Lipinski definition) is 4. The van der Waals surface area contributed by atoms with Gasteiger partial charge in [0.25, 0.3) is 0 Å². The van der Waals surface area contributed by atoms with Crippen molar-refractivity contribution in [3.63, 3.8) is 0 Å². The Morgan fingerprint density at radius 1 is 1.04 bits per heavy atom. The fraction of sp³-hybridized carbons (Fsp3) is 0.174. The predicted molar refractivity (Wildman–Crippen MR) is 120 cm³/mol. The highest BCUT2D eigenvalue weighted by atomic mass is 79.9. The van der Waals surface area contributed by atoms with E-state index in [1.807, 2.05) is 61.6 Å². The van der Waals surface area contributed by atoms with Crippen LogP contribution in [0.5, 0.6) is 0 Å². The van der Waals surface area contributed by atoms with Crippen LogP contribution in [0.15, 0.2) is 76.6 Å². The summed E-state index contributed by atoms with van der Waals surface area (Å²) in [6.07, 6.45) is -0.594. The number of pyridine rings is 1. The first-order valence-electron chi connectivity index (χ1n) is 9.16. The minimum atomic E-state index is -0.594. The van der Waals surface area contributed by atoms with E-state index in [0.717, 1.165) is 37.4 Å². The first-order chi connectivity index (χ1) is 13.6. The molecule has 28 heavy (non-hydrogen) atoms. The topological polar surface area (TPSA) is 36.4 Å². The predicted octanol–water partition coefficient (Wildman–Crippen LogP) is 5.89. The van der Waals surface area contributed by atoms with Gasteiger partial charge in [-0.3, -0.25) is 4.90 Å². The van der Waals surface area contributed by atoms with Crippen molar-refractivity contribution < 1.29 is 5.11 Å². The lowest BCUT2D eigenvalue weighted by molar-refractivity contribution is 0.125. The van der Waals surface area contributed by atoms with Crippen LogP contribution in [0.25, 0.3) is 21.5 Å². The number of rotatable bonds is 6. The molecule has 0 aliphatic carbocycles. The van der Waals surface area contributed by atoms with E-state index in [1.54, 1.807) is 11.3 Å². The van der Waals surface area contributed by atoms with Crippen LogP contribution >= 0.6 is 27.3 Å². The third kappa shape index (κ3) is 4.33. The minimum absolute atomic E-state index is 0.552. The largest absolute Gasteiger partial charge is 0.387 e. The highest BCUT2D eigenvalue weighted by molar-refractivity contribution is 9.11. The van der Waals surface area contributed by atoms with Gasteiger partial charge >= 0.3 is 0 Å². The second kappa shape index (κ2) is 8.53. The Balaban J connectivity index is 1.64. The highest BCUT2D eigenvalue weighted by Gasteiger charge is 2.17. The Morgan fingerprint density at radius 2 is 1.79 bits per heavy atom. The average molecular weight is 453 g/mol. The van der Waals surface area contributed by atoms with Crippen LogP contribution < -0.4 is 0 Å². The number of aromatic nitrogens is 1. The quantitative estimate of drug-likeness (QED) is 0.396. The number of hydrogen-bond donors (Lipinski definition) is 1. The molecule has 5 heteroatoms. The molecule has 2 heterocycles. The molecular weight excluding hydrogens is 432 g/mol. The molecule has 1 N–H and O–H groups in total. The van der Waals surface area contributed by atoms with Crippen LogP contribution in [0.3, 0.4) is 0 Å². The molecule has 0 aliphatic rings. The number of thiophene rings is 1. The molecule has 0 saturated heterocycles. The lowest BCUT2D eigenvalue weighted by atomic mass is 10.0. The van der Waals surface area contributed by atoms with E-state index < -0.39 is 6.10 Å². The average Bonchev–Trinajstić information content (AvgIpc) is 3.14. The molecule has 2 aromatic heterocycles. The van der Waals surface area contributed by atoms with Gasteiger partial charge in [-0.25, -0.2) is 4.98 Å². The van der Waals surface area contributed by atoms with E-state index in [1.165, 1.54) is 5.56 Å². The van der Waals surface area contributed by atoms with Crippen LogP contribution in [0.2, 0.25) is 0 Å². The zero-order chi connectivity index (χ0) is 19.5. The van der Waals surface area contributed by atoms with Crippen molar-refractivity contribution in [1.82, 2.24) is 9.88 Å². The van der Waals surface area contributed by atoms with Gasteiger partial charge in [-0.1, -0.05) is 48.5 Å². The summed E-state index contributed by atoms with van der Waals surface area (Å²) in [5.74, 6) is 0. The maximum atomic E-state index is 11.1. The van der Waals surface area contributed by atoms with E-state index in [-0.39, 0.29) is 0 Å². The lowest BCUT2D eigenvalue weighted by Crippen LogP contribution is -2.24. The summed E-state index contributed by atoms with van der Waals surface area (Å²) in [5.41, 5.74) is 3.96. The Hall–Kier alpha value is -2.05. The zero-order valence-electron chi connectivity index (χ0n) is 15.5. The number of halogens is 1. The van der Waals surface area contributed by atoms with Crippen LogP contribution in [-0.4, -0.2) is 28.6 Å². The Morgan fingerprint density at radius 3 is 2.54 bits per heavy atom. The molecule has 142 valence electrons. The zero-order valence-corrected chi connectivity index (χ0v) is 18.0. The molecule has 0 saturated carbocycles. The van der Waals surface area contributed by atoms with Crippen molar-refractivity contribution in [3.05, 3.63) is 87.7 Å². The summed E-state index contributed by atoms with van der Waals surface area (Å²) in [6, 6.07) is 24.5. The van der Waals surface area contributed by atoms with E-state index in [9.17, 15) is 5.11 Å². The smallest absolute Gasteiger partial charge is 0.0924 e. The van der Waals surface area contributed by atoms with Crippen molar-refractivity contribution >= 4 is 38.2 Å². The van der Waals surface area contributed by atoms with Gasteiger partial charge < -0.3 is 5.11 Å². The summed E-state index contributed by atoms with van der Waals surface area (Å²) in [5, 5.41) is 12.1. The fourth-order valence-electron chi connectivity index (χ4n) is 3.41. The molecule has 4 rings (SSSR count). The molecule has 0 aliphatic heterocycles. The van der Waals surface area contributed by atoms with E-state index in [4.69, 9.17) is 4.98 Å². The standard InChI is InChI=1S/C23H21BrN2OS/c1-26(14-16-7-3-2-4-8-16)15-21(27)18-13-20(22-11-12-23(24)28-22)25-19-10-6-5-9-17(18)19/h2-13,21,27H,14-15H2,1H3. The Bertz CT molecular complexity index is 1080. The monoisotopic (exact) mass is 452 g/mol. The maximum Gasteiger partial charge on any atom is 0.0924 e. The normalized spacial score (nSPS) is 12.6. The van der Waals surface area contributed by atoms with Crippen LogP contribution in [-0.2, 0) is 6.54 Å². The highest BCUT2D eigenvalue weighted by Crippen LogP contribution is 2.34. The molecule has 0 radical (unpaired) electrons. The molecule has 0 spiro atoms. The minimum Gasteiger partial charge on any atom is -0.387 e. The van der Waals surface area contributed by atoms with Crippen molar-refractivity contribution in [2.75, 3.05) is 13.6 Å². The number of fused-ring (bicyclic) bond motifs is 1. The van der Waals surface area contributed by atoms with Gasteiger partial charge in [-0.05, 0) is 58.4 Å². The number of para-hydroxylation sites is 1. The summed E-state index contributed by atoms with van der Waals surface area (Å²) < 4.78 is 1.07. The molecule has 1 atom stereocenters. The molecule has 0 bridgehead atoms. The lowest BCUT2D eigenvalue weighted by Gasteiger charge is -2.22. The Kier molecular flexibility index (Phi) is 5.87. The molecular formula is C23H21BrN2OS. The number of likely N-dealkylation sites (N-methyl/N-ethyl adjacent to an activating group) is 1. The van der Waals surface area contributed by atoms with Gasteiger partial charge in [0.2, 0.25) is 0 Å². The third-order valence-electron chi connectivity index (χ3n) is 4.71. The van der Waals surface area contributed by atoms with Gasteiger partial charge in [0, 0.05) is 18.5 Å². The summed E-state index contributed by atoms with van der Waals surface area (Å²) in [7, 11) is 2.04. The second-order valence-electron chi connectivity index (χ2n) is 6.92. The van der Waals surface area contributed by atoms with Gasteiger partial charge in [0.1, 0.15) is 0 Å². The van der Waals surface area contributed by atoms with E-state index in [0.29, 0.717) is 6.54 Å². The van der Waals surface area contributed by atoms with Crippen LogP contribution in [0.1, 0.15) is 17.2 Å². The molecule has 4 aromatic rings. The van der Waals surface area contributed by atoms with Crippen LogP contribution in [0, 0.1) is 0 Å². The summed E-state index contributed by atoms with van der Waals surface area (Å²) >= 11 is 5.17. The van der Waals surface area contributed by atoms with Crippen molar-refractivity contribution in [2.24, 2.45) is 0 Å². The molecule has 3 nitrogen and oxygen atoms in total. The molecule has 1 unspecified atom stereocenters. The number of nitrogens with zero attached hydrogens (tertiary/aromatic N) is 2. The van der Waals surface area contributed by atoms with Gasteiger partial charge in [0.05, 0.1) is 26.0 Å². The van der Waals surface area contributed by atoms with Gasteiger partial charge in [0.15, 0.2) is 0 Å². The van der Waals surface area contributed by atoms with Crippen LogP contribution in [0.4, 0.5) is 0 Å². The third-order valence-corrected chi connectivity index (χ3v) is 6.36. The fourth-order valence-corrected chi connectivity index (χ4v) is 4.76. The van der Waals surface area contributed by atoms with Gasteiger partial charge in [-0.15, -0.1) is 11.3 Å². The van der Waals surface area contributed by atoms with E-state index in [2.05, 4.69) is 39.0 Å². The molecule has 2 aromatic carbocycles. The van der Waals surface area contributed by atoms with Gasteiger partial charge in [-0.2, -0.15) is 0 Å². The number of aliphatic hydroxyl groups excluding tert-OH is 1. The molecule has 0 fully saturated rings. The summed E-state index contributed by atoms with van der Waals surface area (Å²) in [4.78, 5) is 8.05. The van der Waals surface area contributed by atoms with Crippen molar-refractivity contribution in [1.29, 1.82) is 0 Å². The van der Waals surface area contributed by atoms with Crippen molar-refractivity contribution in [2.45, 2.75) is 12.6 Å². The second-order valence-corrected chi connectivity index (χ2v) is 9.38. The number of aliphatic hydroxyl groups is 1. The van der Waals surface area contributed by atoms with Crippen molar-refractivity contribution in [3.8, 4) is 10.6 Å². The van der Waals surface area contributed by atoms with E-state index >= 15 is 0 Å². The number of benzene rings is 2. The molecule has 0 amide bonds.